The Bertz CT molecular complexity index is 1470. The minimum absolute atomic E-state index is 0.156. The predicted molar refractivity (Wildman–Crippen MR) is 128 cm³/mol. The van der Waals surface area contributed by atoms with E-state index in [1.54, 1.807) is 71.4 Å². The summed E-state index contributed by atoms with van der Waals surface area (Å²) in [6.07, 6.45) is 5.15. The second kappa shape index (κ2) is 8.62. The molecular weight excluding hydrogens is 435 g/mol. The van der Waals surface area contributed by atoms with Crippen LogP contribution in [0.4, 0.5) is 4.39 Å². The third-order valence-corrected chi connectivity index (χ3v) is 6.28. The van der Waals surface area contributed by atoms with Gasteiger partial charge >= 0.3 is 5.69 Å². The van der Waals surface area contributed by atoms with Crippen molar-refractivity contribution >= 4 is 16.9 Å². The number of fused-ring (bicyclic) bond motifs is 1. The van der Waals surface area contributed by atoms with Crippen LogP contribution in [0, 0.1) is 5.82 Å². The number of nitrogens with zero attached hydrogens (tertiary/aromatic N) is 4. The normalized spacial score (nSPS) is 15.6. The topological polar surface area (TPSA) is 69.4 Å². The van der Waals surface area contributed by atoms with Crippen molar-refractivity contribution in [3.05, 3.63) is 89.9 Å². The Hall–Kier alpha value is -4.20. The van der Waals surface area contributed by atoms with Gasteiger partial charge in [-0.15, -0.1) is 0 Å². The number of methoxy groups -OCH3 is 1. The van der Waals surface area contributed by atoms with Gasteiger partial charge in [-0.25, -0.2) is 9.18 Å². The number of carbonyl (C=O) groups is 1. The summed E-state index contributed by atoms with van der Waals surface area (Å²) in [5.41, 5.74) is 2.46. The van der Waals surface area contributed by atoms with Gasteiger partial charge in [-0.3, -0.25) is 18.9 Å². The van der Waals surface area contributed by atoms with Crippen molar-refractivity contribution in [3.8, 4) is 22.6 Å². The van der Waals surface area contributed by atoms with Crippen LogP contribution < -0.4 is 10.4 Å². The molecule has 1 fully saturated rings. The number of hydrogen-bond acceptors (Lipinski definition) is 4. The zero-order chi connectivity index (χ0) is 23.8. The molecule has 0 spiro atoms. The molecule has 172 valence electrons. The van der Waals surface area contributed by atoms with Gasteiger partial charge in [0.2, 0.25) is 5.91 Å². The monoisotopic (exact) mass is 458 g/mol. The molecule has 3 heterocycles. The molecule has 8 heteroatoms. The Morgan fingerprint density at radius 1 is 1.21 bits per heavy atom. The Morgan fingerprint density at radius 3 is 2.82 bits per heavy atom. The molecule has 7 nitrogen and oxygen atoms in total. The molecule has 1 aliphatic rings. The van der Waals surface area contributed by atoms with Crippen LogP contribution in [0.15, 0.2) is 78.4 Å². The van der Waals surface area contributed by atoms with Gasteiger partial charge in [0.25, 0.3) is 0 Å². The lowest BCUT2D eigenvalue weighted by Crippen LogP contribution is -2.31. The summed E-state index contributed by atoms with van der Waals surface area (Å²) in [7, 11) is 1.56. The molecule has 0 saturated carbocycles. The van der Waals surface area contributed by atoms with Gasteiger partial charge in [0.05, 0.1) is 36.1 Å². The Balaban J connectivity index is 1.59. The second-order valence-corrected chi connectivity index (χ2v) is 8.18. The number of pyridine rings is 1. The molecule has 2 aromatic heterocycles. The van der Waals surface area contributed by atoms with Gasteiger partial charge in [0.1, 0.15) is 11.6 Å². The summed E-state index contributed by atoms with van der Waals surface area (Å²) in [6, 6.07) is 13.5. The highest BCUT2D eigenvalue weighted by atomic mass is 19.1. The Labute approximate surface area is 195 Å². The zero-order valence-electron chi connectivity index (χ0n) is 18.6. The van der Waals surface area contributed by atoms with E-state index in [0.717, 1.165) is 0 Å². The number of imidazole rings is 1. The van der Waals surface area contributed by atoms with Crippen molar-refractivity contribution in [2.45, 2.75) is 12.5 Å². The van der Waals surface area contributed by atoms with Crippen molar-refractivity contribution in [2.75, 3.05) is 20.2 Å². The standard InChI is InChI=1S/C26H23FN4O3/c1-3-25(32)29-12-10-19(16-29)31-23-9-11-28-15-24(23)30(26(31)33)18-7-8-21(22(27)14-18)17-5-4-6-20(13-17)34-2/h3-9,11,13-15,19H,1,10,12,16H2,2H3/t19-/m1/s1. The van der Waals surface area contributed by atoms with E-state index in [1.165, 1.54) is 16.7 Å². The van der Waals surface area contributed by atoms with E-state index in [1.807, 2.05) is 0 Å². The van der Waals surface area contributed by atoms with E-state index in [4.69, 9.17) is 4.74 Å². The molecule has 1 saturated heterocycles. The highest BCUT2D eigenvalue weighted by molar-refractivity contribution is 5.87. The summed E-state index contributed by atoms with van der Waals surface area (Å²) < 4.78 is 23.6. The first kappa shape index (κ1) is 21.6. The minimum Gasteiger partial charge on any atom is -0.497 e. The van der Waals surface area contributed by atoms with E-state index < -0.39 is 5.82 Å². The maximum Gasteiger partial charge on any atom is 0.334 e. The summed E-state index contributed by atoms with van der Waals surface area (Å²) >= 11 is 0. The molecule has 1 atom stereocenters. The summed E-state index contributed by atoms with van der Waals surface area (Å²) in [5.74, 6) is 0.0223. The first-order valence-corrected chi connectivity index (χ1v) is 10.9. The summed E-state index contributed by atoms with van der Waals surface area (Å²) in [6.45, 7) is 4.50. The fourth-order valence-electron chi connectivity index (χ4n) is 4.62. The second-order valence-electron chi connectivity index (χ2n) is 8.18. The quantitative estimate of drug-likeness (QED) is 0.425. The Morgan fingerprint density at radius 2 is 2.06 bits per heavy atom. The maximum atomic E-state index is 15.2. The number of hydrogen-bond donors (Lipinski definition) is 0. The number of rotatable bonds is 5. The number of ether oxygens (including phenoxy) is 1. The first-order valence-electron chi connectivity index (χ1n) is 10.9. The maximum absolute atomic E-state index is 15.2. The molecule has 2 aromatic carbocycles. The Kier molecular flexibility index (Phi) is 5.49. The molecule has 0 N–H and O–H groups in total. The molecule has 1 aliphatic heterocycles. The van der Waals surface area contributed by atoms with Crippen LogP contribution in [0.2, 0.25) is 0 Å². The van der Waals surface area contributed by atoms with E-state index in [-0.39, 0.29) is 17.6 Å². The summed E-state index contributed by atoms with van der Waals surface area (Å²) in [4.78, 5) is 31.5. The van der Waals surface area contributed by atoms with Gasteiger partial charge in [-0.1, -0.05) is 18.7 Å². The number of carbonyl (C=O) groups excluding carboxylic acids is 1. The highest BCUT2D eigenvalue weighted by Gasteiger charge is 2.30. The van der Waals surface area contributed by atoms with Crippen molar-refractivity contribution in [1.82, 2.24) is 19.0 Å². The van der Waals surface area contributed by atoms with E-state index in [9.17, 15) is 9.59 Å². The largest absolute Gasteiger partial charge is 0.497 e. The number of amides is 1. The molecule has 5 rings (SSSR count). The lowest BCUT2D eigenvalue weighted by Gasteiger charge is -2.15. The van der Waals surface area contributed by atoms with E-state index >= 15 is 4.39 Å². The van der Waals surface area contributed by atoms with Gasteiger partial charge in [-0.2, -0.15) is 0 Å². The summed E-state index contributed by atoms with van der Waals surface area (Å²) in [5, 5.41) is 0. The molecule has 4 aromatic rings. The molecule has 0 aliphatic carbocycles. The molecule has 1 amide bonds. The van der Waals surface area contributed by atoms with Gasteiger partial charge in [-0.05, 0) is 54.5 Å². The van der Waals surface area contributed by atoms with Crippen molar-refractivity contribution in [1.29, 1.82) is 0 Å². The average molecular weight is 458 g/mol. The van der Waals surface area contributed by atoms with Crippen molar-refractivity contribution < 1.29 is 13.9 Å². The number of aromatic nitrogens is 3. The predicted octanol–water partition coefficient (Wildman–Crippen LogP) is 3.96. The smallest absolute Gasteiger partial charge is 0.334 e. The van der Waals surface area contributed by atoms with Gasteiger partial charge in [0, 0.05) is 24.8 Å². The van der Waals surface area contributed by atoms with Crippen LogP contribution >= 0.6 is 0 Å². The van der Waals surface area contributed by atoms with Crippen LogP contribution in [-0.2, 0) is 4.79 Å². The third-order valence-electron chi connectivity index (χ3n) is 6.28. The zero-order valence-corrected chi connectivity index (χ0v) is 18.6. The van der Waals surface area contributed by atoms with Crippen molar-refractivity contribution in [2.24, 2.45) is 0 Å². The third kappa shape index (κ3) is 3.57. The molecule has 0 unspecified atom stereocenters. The minimum atomic E-state index is -0.453. The number of benzene rings is 2. The van der Waals surface area contributed by atoms with Crippen LogP contribution in [0.3, 0.4) is 0 Å². The van der Waals surface area contributed by atoms with E-state index in [2.05, 4.69) is 11.6 Å². The van der Waals surface area contributed by atoms with Crippen LogP contribution in [0.5, 0.6) is 5.75 Å². The SMILES string of the molecule is C=CC(=O)N1CC[C@@H](n2c(=O)n(-c3ccc(-c4cccc(OC)c4)c(F)c3)c3cnccc32)C1. The van der Waals surface area contributed by atoms with Gasteiger partial charge < -0.3 is 9.64 Å². The lowest BCUT2D eigenvalue weighted by molar-refractivity contribution is -0.125. The van der Waals surface area contributed by atoms with E-state index in [0.29, 0.717) is 53.1 Å². The number of halogens is 1. The first-order chi connectivity index (χ1) is 16.5. The number of likely N-dealkylation sites (tertiary alicyclic amines) is 1. The average Bonchev–Trinajstić information content (AvgIpc) is 3.45. The molecular formula is C26H23FN4O3. The van der Waals surface area contributed by atoms with Crippen LogP contribution in [0.25, 0.3) is 27.8 Å². The fourth-order valence-corrected chi connectivity index (χ4v) is 4.62. The van der Waals surface area contributed by atoms with Crippen LogP contribution in [-0.4, -0.2) is 45.1 Å². The molecule has 0 bridgehead atoms. The fraction of sp³-hybridized carbons (Fsp3) is 0.192. The van der Waals surface area contributed by atoms with Gasteiger partial charge in [0.15, 0.2) is 0 Å². The molecule has 34 heavy (non-hydrogen) atoms. The molecule has 0 radical (unpaired) electrons. The highest BCUT2D eigenvalue weighted by Crippen LogP contribution is 2.30. The van der Waals surface area contributed by atoms with Crippen LogP contribution in [0.1, 0.15) is 12.5 Å². The lowest BCUT2D eigenvalue weighted by atomic mass is 10.0. The van der Waals surface area contributed by atoms with Crippen molar-refractivity contribution in [3.63, 3.8) is 0 Å².